The quantitative estimate of drug-likeness (QED) is 0.685. The van der Waals surface area contributed by atoms with E-state index < -0.39 is 0 Å². The Morgan fingerprint density at radius 1 is 1.26 bits per heavy atom. The van der Waals surface area contributed by atoms with Gasteiger partial charge in [-0.2, -0.15) is 0 Å². The Morgan fingerprint density at radius 2 is 2.11 bits per heavy atom. The molecular formula is C20H21N5OS. The lowest BCUT2D eigenvalue weighted by atomic mass is 9.90. The molecule has 0 aliphatic carbocycles. The molecule has 0 amide bonds. The van der Waals surface area contributed by atoms with Gasteiger partial charge >= 0.3 is 0 Å². The molecule has 138 valence electrons. The number of methoxy groups -OCH3 is 1. The summed E-state index contributed by atoms with van der Waals surface area (Å²) in [6, 6.07) is 12.3. The molecule has 3 N–H and O–H groups in total. The molecule has 0 bridgehead atoms. The van der Waals surface area contributed by atoms with Crippen molar-refractivity contribution in [1.82, 2.24) is 19.9 Å². The third kappa shape index (κ3) is 3.99. The van der Waals surface area contributed by atoms with Gasteiger partial charge in [0.1, 0.15) is 23.4 Å². The molecule has 1 aromatic carbocycles. The van der Waals surface area contributed by atoms with Gasteiger partial charge in [-0.05, 0) is 41.2 Å². The molecule has 27 heavy (non-hydrogen) atoms. The van der Waals surface area contributed by atoms with Gasteiger partial charge in [-0.3, -0.25) is 4.57 Å². The first-order valence-corrected chi connectivity index (χ1v) is 9.62. The number of nitrogens with two attached hydrogens (primary N) is 1. The average Bonchev–Trinajstić information content (AvgIpc) is 3.39. The number of allylic oxidation sites excluding steroid dienone is 1. The normalized spacial score (nSPS) is 17.3. The minimum atomic E-state index is -0.0949. The van der Waals surface area contributed by atoms with Crippen molar-refractivity contribution in [2.24, 2.45) is 5.73 Å². The first-order chi connectivity index (χ1) is 13.2. The SMILES string of the molecule is COc1ccc(C(Cc2ccc(-n3ccnc3)nc2)C2=CSC(N)N2)cc1. The number of hydrogen-bond acceptors (Lipinski definition) is 6. The summed E-state index contributed by atoms with van der Waals surface area (Å²) < 4.78 is 7.18. The summed E-state index contributed by atoms with van der Waals surface area (Å²) in [5.41, 5.74) is 9.42. The maximum Gasteiger partial charge on any atom is 0.137 e. The zero-order chi connectivity index (χ0) is 18.6. The summed E-state index contributed by atoms with van der Waals surface area (Å²) in [5.74, 6) is 1.88. The monoisotopic (exact) mass is 379 g/mol. The molecule has 6 nitrogen and oxygen atoms in total. The average molecular weight is 379 g/mol. The lowest BCUT2D eigenvalue weighted by molar-refractivity contribution is 0.414. The van der Waals surface area contributed by atoms with Crippen LogP contribution in [0.1, 0.15) is 17.0 Å². The van der Waals surface area contributed by atoms with Crippen molar-refractivity contribution < 1.29 is 4.74 Å². The number of thioether (sulfide) groups is 1. The van der Waals surface area contributed by atoms with E-state index in [1.807, 2.05) is 35.2 Å². The van der Waals surface area contributed by atoms with Crippen molar-refractivity contribution >= 4 is 11.8 Å². The predicted molar refractivity (Wildman–Crippen MR) is 108 cm³/mol. The molecule has 0 saturated carbocycles. The standard InChI is InChI=1S/C20H21N5OS/c1-26-16-5-3-15(4-6-16)17(18-12-27-20(21)24-18)10-14-2-7-19(23-11-14)25-9-8-22-13-25/h2-9,11-13,17,20,24H,10,21H2,1H3. The van der Waals surface area contributed by atoms with E-state index in [0.717, 1.165) is 29.2 Å². The van der Waals surface area contributed by atoms with Crippen molar-refractivity contribution in [3.8, 4) is 11.6 Å². The van der Waals surface area contributed by atoms with Crippen LogP contribution in [-0.2, 0) is 6.42 Å². The molecule has 2 aromatic heterocycles. The molecule has 2 atom stereocenters. The summed E-state index contributed by atoms with van der Waals surface area (Å²) in [6.07, 6.45) is 8.13. The Bertz CT molecular complexity index is 907. The van der Waals surface area contributed by atoms with Crippen LogP contribution in [0.2, 0.25) is 0 Å². The van der Waals surface area contributed by atoms with Crippen LogP contribution in [0.5, 0.6) is 5.75 Å². The second-order valence-electron chi connectivity index (χ2n) is 6.30. The first kappa shape index (κ1) is 17.6. The van der Waals surface area contributed by atoms with E-state index in [0.29, 0.717) is 0 Å². The molecule has 0 saturated heterocycles. The Balaban J connectivity index is 1.58. The second-order valence-corrected chi connectivity index (χ2v) is 7.31. The van der Waals surface area contributed by atoms with E-state index in [2.05, 4.69) is 38.9 Å². The third-order valence-corrected chi connectivity index (χ3v) is 5.36. The lowest BCUT2D eigenvalue weighted by Crippen LogP contribution is -2.31. The number of benzene rings is 1. The fraction of sp³-hybridized carbons (Fsp3) is 0.200. The summed E-state index contributed by atoms with van der Waals surface area (Å²) in [4.78, 5) is 8.64. The predicted octanol–water partition coefficient (Wildman–Crippen LogP) is 3.02. The largest absolute Gasteiger partial charge is 0.497 e. The van der Waals surface area contributed by atoms with Crippen molar-refractivity contribution in [1.29, 1.82) is 0 Å². The summed E-state index contributed by atoms with van der Waals surface area (Å²) >= 11 is 1.60. The van der Waals surface area contributed by atoms with Crippen LogP contribution in [-0.4, -0.2) is 27.1 Å². The van der Waals surface area contributed by atoms with Crippen molar-refractivity contribution in [2.75, 3.05) is 7.11 Å². The highest BCUT2D eigenvalue weighted by Gasteiger charge is 2.23. The second kappa shape index (κ2) is 7.85. The van der Waals surface area contributed by atoms with E-state index in [9.17, 15) is 0 Å². The topological polar surface area (TPSA) is 78.0 Å². The first-order valence-electron chi connectivity index (χ1n) is 8.68. The Kier molecular flexibility index (Phi) is 5.13. The number of rotatable bonds is 6. The molecule has 1 aliphatic rings. The van der Waals surface area contributed by atoms with Gasteiger partial charge < -0.3 is 15.8 Å². The van der Waals surface area contributed by atoms with Crippen LogP contribution in [0, 0.1) is 0 Å². The number of pyridine rings is 1. The Labute approximate surface area is 162 Å². The van der Waals surface area contributed by atoms with E-state index >= 15 is 0 Å². The number of ether oxygens (including phenoxy) is 1. The minimum Gasteiger partial charge on any atom is -0.497 e. The lowest BCUT2D eigenvalue weighted by Gasteiger charge is -2.21. The Hall–Kier alpha value is -2.77. The fourth-order valence-electron chi connectivity index (χ4n) is 3.13. The maximum absolute atomic E-state index is 6.01. The van der Waals surface area contributed by atoms with E-state index in [1.54, 1.807) is 31.4 Å². The molecule has 1 aliphatic heterocycles. The van der Waals surface area contributed by atoms with Crippen LogP contribution in [0.15, 0.2) is 72.4 Å². The van der Waals surface area contributed by atoms with Crippen LogP contribution in [0.25, 0.3) is 5.82 Å². The van der Waals surface area contributed by atoms with Gasteiger partial charge in [0, 0.05) is 30.2 Å². The fourth-order valence-corrected chi connectivity index (χ4v) is 3.86. The summed E-state index contributed by atoms with van der Waals surface area (Å²) in [7, 11) is 1.68. The zero-order valence-corrected chi connectivity index (χ0v) is 15.8. The van der Waals surface area contributed by atoms with Gasteiger partial charge in [-0.15, -0.1) is 0 Å². The van der Waals surface area contributed by atoms with Gasteiger partial charge in [-0.25, -0.2) is 9.97 Å². The number of hydrogen-bond donors (Lipinski definition) is 2. The highest BCUT2D eigenvalue weighted by Crippen LogP contribution is 2.33. The molecular weight excluding hydrogens is 358 g/mol. The van der Waals surface area contributed by atoms with Crippen LogP contribution >= 0.6 is 11.8 Å². The highest BCUT2D eigenvalue weighted by molar-refractivity contribution is 8.02. The van der Waals surface area contributed by atoms with Gasteiger partial charge in [0.05, 0.1) is 7.11 Å². The van der Waals surface area contributed by atoms with Gasteiger partial charge in [0.15, 0.2) is 0 Å². The summed E-state index contributed by atoms with van der Waals surface area (Å²) in [5, 5.41) is 5.49. The van der Waals surface area contributed by atoms with Crippen LogP contribution in [0.4, 0.5) is 0 Å². The van der Waals surface area contributed by atoms with Crippen molar-refractivity contribution in [3.05, 3.63) is 83.5 Å². The molecule has 7 heteroatoms. The van der Waals surface area contributed by atoms with Gasteiger partial charge in [0.25, 0.3) is 0 Å². The number of nitrogens with one attached hydrogen (secondary N) is 1. The smallest absolute Gasteiger partial charge is 0.137 e. The number of aromatic nitrogens is 3. The van der Waals surface area contributed by atoms with E-state index in [-0.39, 0.29) is 11.4 Å². The highest BCUT2D eigenvalue weighted by atomic mass is 32.2. The van der Waals surface area contributed by atoms with Crippen LogP contribution in [0.3, 0.4) is 0 Å². The molecule has 0 fully saturated rings. The number of imidazole rings is 1. The summed E-state index contributed by atoms with van der Waals surface area (Å²) in [6.45, 7) is 0. The van der Waals surface area contributed by atoms with Gasteiger partial charge in [0.2, 0.25) is 0 Å². The van der Waals surface area contributed by atoms with Crippen molar-refractivity contribution in [3.63, 3.8) is 0 Å². The Morgan fingerprint density at radius 3 is 2.70 bits per heavy atom. The van der Waals surface area contributed by atoms with Crippen molar-refractivity contribution in [2.45, 2.75) is 17.8 Å². The van der Waals surface area contributed by atoms with Gasteiger partial charge in [-0.1, -0.05) is 30.0 Å². The van der Waals surface area contributed by atoms with E-state index in [1.165, 1.54) is 5.56 Å². The molecule has 3 aromatic rings. The number of nitrogens with zero attached hydrogens (tertiary/aromatic N) is 3. The molecule has 2 unspecified atom stereocenters. The molecule has 0 radical (unpaired) electrons. The molecule has 0 spiro atoms. The minimum absolute atomic E-state index is 0.0949. The molecule has 3 heterocycles. The molecule has 4 rings (SSSR count). The third-order valence-electron chi connectivity index (χ3n) is 4.56. The van der Waals surface area contributed by atoms with Crippen LogP contribution < -0.4 is 15.8 Å². The maximum atomic E-state index is 6.01. The zero-order valence-electron chi connectivity index (χ0n) is 14.9. The van der Waals surface area contributed by atoms with E-state index in [4.69, 9.17) is 10.5 Å².